The van der Waals surface area contributed by atoms with Crippen molar-refractivity contribution in [2.45, 2.75) is 46.1 Å². The molecule has 0 aromatic heterocycles. The first-order valence-electron chi connectivity index (χ1n) is 9.77. The number of benzene rings is 1. The summed E-state index contributed by atoms with van der Waals surface area (Å²) in [6.07, 6.45) is 2.71. The van der Waals surface area contributed by atoms with Crippen LogP contribution in [0.3, 0.4) is 0 Å². The molecule has 1 aromatic carbocycles. The lowest BCUT2D eigenvalue weighted by molar-refractivity contribution is -0.384. The Hall–Kier alpha value is -1.64. The van der Waals surface area contributed by atoms with Gasteiger partial charge in [0.25, 0.3) is 5.69 Å². The molecule has 0 unspecified atom stereocenters. The quantitative estimate of drug-likeness (QED) is 0.432. The fraction of sp³-hybridized carbons (Fsp3) is 0.684. The van der Waals surface area contributed by atoms with Gasteiger partial charge in [-0.15, -0.1) is 0 Å². The molecule has 27 heavy (non-hydrogen) atoms. The zero-order chi connectivity index (χ0) is 19.4. The fourth-order valence-corrected chi connectivity index (χ4v) is 3.70. The van der Waals surface area contributed by atoms with E-state index in [-0.39, 0.29) is 22.1 Å². The highest BCUT2D eigenvalue weighted by Crippen LogP contribution is 2.32. The van der Waals surface area contributed by atoms with Crippen LogP contribution in [0.2, 0.25) is 0 Å². The molecule has 8 heteroatoms. The maximum atomic E-state index is 11.8. The lowest BCUT2D eigenvalue weighted by atomic mass is 9.75. The van der Waals surface area contributed by atoms with Gasteiger partial charge in [-0.05, 0) is 30.8 Å². The molecule has 0 spiro atoms. The summed E-state index contributed by atoms with van der Waals surface area (Å²) >= 11 is 0. The predicted octanol–water partition coefficient (Wildman–Crippen LogP) is 2.76. The van der Waals surface area contributed by atoms with Crippen LogP contribution in [0.25, 0.3) is 0 Å². The molecule has 0 aliphatic carbocycles. The second-order valence-corrected chi connectivity index (χ2v) is 8.16. The van der Waals surface area contributed by atoms with Crippen molar-refractivity contribution in [1.82, 2.24) is 0 Å². The summed E-state index contributed by atoms with van der Waals surface area (Å²) in [6.45, 7) is 9.57. The van der Waals surface area contributed by atoms with Gasteiger partial charge in [0.05, 0.1) is 4.92 Å². The molecule has 0 radical (unpaired) electrons. The summed E-state index contributed by atoms with van der Waals surface area (Å²) in [4.78, 5) is 13.7. The van der Waals surface area contributed by atoms with Crippen LogP contribution in [0, 0.1) is 15.5 Å². The van der Waals surface area contributed by atoms with E-state index in [0.717, 1.165) is 25.8 Å². The van der Waals surface area contributed by atoms with Crippen LogP contribution in [0.5, 0.6) is 0 Å². The Bertz CT molecular complexity index is 654. The first kappa shape index (κ1) is 20.1. The molecule has 2 heterocycles. The van der Waals surface area contributed by atoms with Gasteiger partial charge in [0, 0.05) is 50.5 Å². The summed E-state index contributed by atoms with van der Waals surface area (Å²) in [7, 11) is -0.548. The number of nitro groups is 1. The minimum Gasteiger partial charge on any atom is -0.407 e. The molecule has 2 aliphatic heterocycles. The molecule has 0 N–H and O–H groups in total. The monoisotopic (exact) mass is 376 g/mol. The third kappa shape index (κ3) is 4.80. The largest absolute Gasteiger partial charge is 0.494 e. The van der Waals surface area contributed by atoms with Crippen molar-refractivity contribution in [3.05, 3.63) is 28.3 Å². The van der Waals surface area contributed by atoms with Crippen LogP contribution >= 0.6 is 0 Å². The number of ether oxygens (including phenoxy) is 1. The van der Waals surface area contributed by atoms with Gasteiger partial charge in [0.1, 0.15) is 5.69 Å². The Morgan fingerprint density at radius 3 is 2.52 bits per heavy atom. The zero-order valence-corrected chi connectivity index (χ0v) is 16.5. The van der Waals surface area contributed by atoms with E-state index in [1.165, 1.54) is 0 Å². The number of anilines is 1. The summed E-state index contributed by atoms with van der Waals surface area (Å²) in [6, 6.07) is 5.63. The van der Waals surface area contributed by atoms with E-state index in [1.807, 2.05) is 12.1 Å². The van der Waals surface area contributed by atoms with E-state index >= 15 is 0 Å². The van der Waals surface area contributed by atoms with Crippen LogP contribution in [0.4, 0.5) is 11.4 Å². The first-order valence-corrected chi connectivity index (χ1v) is 9.77. The molecule has 3 rings (SSSR count). The molecule has 2 saturated heterocycles. The molecule has 0 atom stereocenters. The summed E-state index contributed by atoms with van der Waals surface area (Å²) in [5.41, 5.74) is 1.45. The van der Waals surface area contributed by atoms with Crippen molar-refractivity contribution < 1.29 is 19.0 Å². The second-order valence-electron chi connectivity index (χ2n) is 8.16. The van der Waals surface area contributed by atoms with Gasteiger partial charge >= 0.3 is 7.12 Å². The topological polar surface area (TPSA) is 74.1 Å². The predicted molar refractivity (Wildman–Crippen MR) is 106 cm³/mol. The van der Waals surface area contributed by atoms with Crippen LogP contribution < -0.4 is 10.4 Å². The minimum atomic E-state index is -0.548. The van der Waals surface area contributed by atoms with Gasteiger partial charge in [-0.1, -0.05) is 26.8 Å². The number of rotatable bonds is 6. The van der Waals surface area contributed by atoms with Crippen LogP contribution in [0.1, 0.15) is 40.0 Å². The standard InChI is InChI=1S/C19H29BN2O5/c1-4-9-21(16-7-10-25-11-8-16)17-6-5-15(12-18(17)22(23)24)20-26-13-19(2,3)14-27-20/h5-6,12,16H,4,7-11,13-14H2,1-3H3. The first-order chi connectivity index (χ1) is 12.9. The maximum Gasteiger partial charge on any atom is 0.494 e. The van der Waals surface area contributed by atoms with Crippen LogP contribution in [-0.4, -0.2) is 51.1 Å². The number of nitro benzene ring substituents is 1. The Labute approximate surface area is 161 Å². The summed E-state index contributed by atoms with van der Waals surface area (Å²) in [5.74, 6) is 0. The van der Waals surface area contributed by atoms with Gasteiger partial charge in [0.2, 0.25) is 0 Å². The third-order valence-electron chi connectivity index (χ3n) is 5.12. The van der Waals surface area contributed by atoms with E-state index in [2.05, 4.69) is 25.7 Å². The lowest BCUT2D eigenvalue weighted by Crippen LogP contribution is -2.47. The van der Waals surface area contributed by atoms with Crippen molar-refractivity contribution >= 4 is 24.0 Å². The Kier molecular flexibility index (Phi) is 6.39. The Morgan fingerprint density at radius 2 is 1.93 bits per heavy atom. The van der Waals surface area contributed by atoms with Crippen molar-refractivity contribution in [1.29, 1.82) is 0 Å². The van der Waals surface area contributed by atoms with Crippen LogP contribution in [-0.2, 0) is 14.0 Å². The smallest absolute Gasteiger partial charge is 0.407 e. The molecule has 0 saturated carbocycles. The van der Waals surface area contributed by atoms with Gasteiger partial charge in [-0.25, -0.2) is 0 Å². The van der Waals surface area contributed by atoms with Gasteiger partial charge < -0.3 is 18.9 Å². The van der Waals surface area contributed by atoms with E-state index in [0.29, 0.717) is 37.6 Å². The average Bonchev–Trinajstić information content (AvgIpc) is 2.66. The number of nitrogens with zero attached hydrogens (tertiary/aromatic N) is 2. The summed E-state index contributed by atoms with van der Waals surface area (Å²) in [5, 5.41) is 11.8. The van der Waals surface area contributed by atoms with Gasteiger partial charge in [-0.3, -0.25) is 10.1 Å². The minimum absolute atomic E-state index is 0.0383. The normalized spacial score (nSPS) is 20.5. The zero-order valence-electron chi connectivity index (χ0n) is 16.5. The molecular formula is C19H29BN2O5. The molecule has 2 fully saturated rings. The highest BCUT2D eigenvalue weighted by Gasteiger charge is 2.35. The SMILES string of the molecule is CCCN(c1ccc(B2OCC(C)(C)CO2)cc1[N+](=O)[O-])C1CCOCC1. The summed E-state index contributed by atoms with van der Waals surface area (Å²) < 4.78 is 17.1. The molecule has 1 aromatic rings. The van der Waals surface area contributed by atoms with E-state index < -0.39 is 7.12 Å². The highest BCUT2D eigenvalue weighted by atomic mass is 16.6. The molecule has 0 amide bonds. The molecular weight excluding hydrogens is 347 g/mol. The lowest BCUT2D eigenvalue weighted by Gasteiger charge is -2.36. The van der Waals surface area contributed by atoms with E-state index in [9.17, 15) is 10.1 Å². The van der Waals surface area contributed by atoms with Crippen molar-refractivity contribution in [3.8, 4) is 0 Å². The van der Waals surface area contributed by atoms with Crippen molar-refractivity contribution in [2.75, 3.05) is 37.9 Å². The average molecular weight is 376 g/mol. The van der Waals surface area contributed by atoms with E-state index in [1.54, 1.807) is 6.07 Å². The Morgan fingerprint density at radius 1 is 1.26 bits per heavy atom. The highest BCUT2D eigenvalue weighted by molar-refractivity contribution is 6.61. The molecule has 7 nitrogen and oxygen atoms in total. The molecule has 148 valence electrons. The maximum absolute atomic E-state index is 11.8. The van der Waals surface area contributed by atoms with Gasteiger partial charge in [-0.2, -0.15) is 0 Å². The van der Waals surface area contributed by atoms with Gasteiger partial charge in [0.15, 0.2) is 0 Å². The van der Waals surface area contributed by atoms with Crippen molar-refractivity contribution in [2.24, 2.45) is 5.41 Å². The Balaban J connectivity index is 1.87. The number of hydrogen-bond acceptors (Lipinski definition) is 6. The third-order valence-corrected chi connectivity index (χ3v) is 5.12. The number of hydrogen-bond donors (Lipinski definition) is 0. The molecule has 2 aliphatic rings. The second kappa shape index (κ2) is 8.58. The molecule has 0 bridgehead atoms. The van der Waals surface area contributed by atoms with Crippen LogP contribution in [0.15, 0.2) is 18.2 Å². The van der Waals surface area contributed by atoms with Crippen molar-refractivity contribution in [3.63, 3.8) is 0 Å². The van der Waals surface area contributed by atoms with E-state index in [4.69, 9.17) is 14.0 Å². The fourth-order valence-electron chi connectivity index (χ4n) is 3.70.